The van der Waals surface area contributed by atoms with Crippen molar-refractivity contribution in [2.24, 2.45) is 0 Å². The number of nitro benzene ring substituents is 1. The van der Waals surface area contributed by atoms with Gasteiger partial charge < -0.3 is 0 Å². The maximum atomic E-state index is 10.7. The third kappa shape index (κ3) is 2.64. The van der Waals surface area contributed by atoms with Crippen molar-refractivity contribution in [2.75, 3.05) is 0 Å². The molecule has 0 N–H and O–H groups in total. The second kappa shape index (κ2) is 5.12. The maximum absolute atomic E-state index is 10.7. The molecule has 0 saturated carbocycles. The highest BCUT2D eigenvalue weighted by Crippen LogP contribution is 2.31. The van der Waals surface area contributed by atoms with Crippen LogP contribution in [0.3, 0.4) is 0 Å². The fourth-order valence-electron chi connectivity index (χ4n) is 1.25. The lowest BCUT2D eigenvalue weighted by molar-refractivity contribution is -0.385. The Labute approximate surface area is 111 Å². The highest BCUT2D eigenvalue weighted by Gasteiger charge is 2.14. The molecule has 8 heteroatoms. The summed E-state index contributed by atoms with van der Waals surface area (Å²) in [5, 5.41) is 19.6. The summed E-state index contributed by atoms with van der Waals surface area (Å²) in [4.78, 5) is 15.0. The molecule has 0 aliphatic carbocycles. The van der Waals surface area contributed by atoms with Crippen molar-refractivity contribution in [3.8, 4) is 6.07 Å². The molecule has 0 aliphatic heterocycles. The van der Waals surface area contributed by atoms with Gasteiger partial charge in [0.2, 0.25) is 0 Å². The van der Waals surface area contributed by atoms with Crippen molar-refractivity contribution >= 4 is 29.0 Å². The SMILES string of the molecule is Cc1nsc(Sc2ccc([N+](=O)[O-])c(C#N)c2)n1. The molecular weight excluding hydrogens is 272 g/mol. The first-order chi connectivity index (χ1) is 8.60. The molecule has 2 aromatic rings. The Kier molecular flexibility index (Phi) is 3.55. The quantitative estimate of drug-likeness (QED) is 0.633. The van der Waals surface area contributed by atoms with Crippen molar-refractivity contribution in [3.63, 3.8) is 0 Å². The molecule has 0 unspecified atom stereocenters. The average molecular weight is 278 g/mol. The number of nitriles is 1. The smallest absolute Gasteiger partial charge is 0.258 e. The van der Waals surface area contributed by atoms with Crippen molar-refractivity contribution in [1.82, 2.24) is 9.36 Å². The number of rotatable bonds is 3. The van der Waals surface area contributed by atoms with E-state index in [4.69, 9.17) is 5.26 Å². The zero-order chi connectivity index (χ0) is 13.1. The van der Waals surface area contributed by atoms with Crippen LogP contribution >= 0.6 is 23.3 Å². The molecular formula is C10H6N4O2S2. The van der Waals surface area contributed by atoms with Gasteiger partial charge >= 0.3 is 0 Å². The highest BCUT2D eigenvalue weighted by atomic mass is 32.2. The molecule has 0 fully saturated rings. The van der Waals surface area contributed by atoms with E-state index < -0.39 is 4.92 Å². The third-order valence-electron chi connectivity index (χ3n) is 2.00. The topological polar surface area (TPSA) is 92.7 Å². The Hall–Kier alpha value is -1.98. The maximum Gasteiger partial charge on any atom is 0.287 e. The van der Waals surface area contributed by atoms with Crippen molar-refractivity contribution in [1.29, 1.82) is 5.26 Å². The Morgan fingerprint density at radius 3 is 2.89 bits per heavy atom. The van der Waals surface area contributed by atoms with E-state index in [0.717, 1.165) is 9.24 Å². The van der Waals surface area contributed by atoms with Gasteiger partial charge in [0.25, 0.3) is 5.69 Å². The number of nitro groups is 1. The number of hydrogen-bond acceptors (Lipinski definition) is 7. The number of aromatic nitrogens is 2. The van der Waals surface area contributed by atoms with Gasteiger partial charge in [-0.3, -0.25) is 10.1 Å². The predicted molar refractivity (Wildman–Crippen MR) is 66.6 cm³/mol. The number of aryl methyl sites for hydroxylation is 1. The lowest BCUT2D eigenvalue weighted by Crippen LogP contribution is -1.92. The van der Waals surface area contributed by atoms with Gasteiger partial charge in [-0.2, -0.15) is 9.64 Å². The molecule has 90 valence electrons. The van der Waals surface area contributed by atoms with Crippen LogP contribution in [-0.2, 0) is 0 Å². The Bertz CT molecular complexity index is 648. The zero-order valence-electron chi connectivity index (χ0n) is 9.15. The molecule has 1 aromatic heterocycles. The van der Waals surface area contributed by atoms with Gasteiger partial charge in [-0.1, -0.05) is 11.8 Å². The van der Waals surface area contributed by atoms with Crippen LogP contribution in [0, 0.1) is 28.4 Å². The van der Waals surface area contributed by atoms with Gasteiger partial charge in [0.1, 0.15) is 17.5 Å². The zero-order valence-corrected chi connectivity index (χ0v) is 10.8. The van der Waals surface area contributed by atoms with E-state index in [-0.39, 0.29) is 11.3 Å². The second-order valence-electron chi connectivity index (χ2n) is 3.26. The molecule has 1 heterocycles. The minimum Gasteiger partial charge on any atom is -0.258 e. The molecule has 0 amide bonds. The normalized spacial score (nSPS) is 10.0. The fraction of sp³-hybridized carbons (Fsp3) is 0.100. The van der Waals surface area contributed by atoms with Gasteiger partial charge in [-0.15, -0.1) is 0 Å². The standard InChI is InChI=1S/C10H6N4O2S2/c1-6-12-10(18-13-6)17-8-2-3-9(14(15)16)7(4-8)5-11/h2-4H,1H3. The summed E-state index contributed by atoms with van der Waals surface area (Å²) in [6.07, 6.45) is 0. The first kappa shape index (κ1) is 12.5. The first-order valence-electron chi connectivity index (χ1n) is 4.77. The van der Waals surface area contributed by atoms with E-state index in [1.807, 2.05) is 6.07 Å². The lowest BCUT2D eigenvalue weighted by Gasteiger charge is -1.99. The molecule has 2 rings (SSSR count). The average Bonchev–Trinajstić information content (AvgIpc) is 2.74. The number of benzene rings is 1. The van der Waals surface area contributed by atoms with Crippen LogP contribution in [0.2, 0.25) is 0 Å². The summed E-state index contributed by atoms with van der Waals surface area (Å²) in [5.41, 5.74) is -0.137. The molecule has 18 heavy (non-hydrogen) atoms. The summed E-state index contributed by atoms with van der Waals surface area (Å²) in [5.74, 6) is 0.685. The summed E-state index contributed by atoms with van der Waals surface area (Å²) in [7, 11) is 0. The van der Waals surface area contributed by atoms with E-state index in [1.54, 1.807) is 13.0 Å². The Balaban J connectivity index is 2.31. The van der Waals surface area contributed by atoms with Crippen LogP contribution in [0.5, 0.6) is 0 Å². The van der Waals surface area contributed by atoms with Gasteiger partial charge in [-0.25, -0.2) is 4.98 Å². The van der Waals surface area contributed by atoms with Crippen LogP contribution in [0.4, 0.5) is 5.69 Å². The molecule has 0 atom stereocenters. The van der Waals surface area contributed by atoms with Crippen molar-refractivity contribution in [3.05, 3.63) is 39.7 Å². The molecule has 0 radical (unpaired) electrons. The van der Waals surface area contributed by atoms with E-state index in [9.17, 15) is 10.1 Å². The molecule has 0 saturated heterocycles. The van der Waals surface area contributed by atoms with Gasteiger partial charge in [-0.05, 0) is 30.6 Å². The first-order valence-corrected chi connectivity index (χ1v) is 6.36. The molecule has 0 bridgehead atoms. The molecule has 1 aromatic carbocycles. The Morgan fingerprint density at radius 1 is 1.56 bits per heavy atom. The van der Waals surface area contributed by atoms with Crippen LogP contribution in [-0.4, -0.2) is 14.3 Å². The fourth-order valence-corrected chi connectivity index (χ4v) is 2.91. The minimum atomic E-state index is -0.567. The van der Waals surface area contributed by atoms with Crippen molar-refractivity contribution < 1.29 is 4.92 Å². The van der Waals surface area contributed by atoms with E-state index in [0.29, 0.717) is 5.82 Å². The second-order valence-corrected chi connectivity index (χ2v) is 5.33. The van der Waals surface area contributed by atoms with Crippen LogP contribution in [0.15, 0.2) is 27.4 Å². The molecule has 6 nitrogen and oxygen atoms in total. The molecule has 0 spiro atoms. The van der Waals surface area contributed by atoms with Gasteiger partial charge in [0.05, 0.1) is 4.92 Å². The summed E-state index contributed by atoms with van der Waals surface area (Å²) in [6.45, 7) is 1.79. The Morgan fingerprint density at radius 2 is 2.33 bits per heavy atom. The summed E-state index contributed by atoms with van der Waals surface area (Å²) < 4.78 is 4.78. The largest absolute Gasteiger partial charge is 0.287 e. The van der Waals surface area contributed by atoms with E-state index in [2.05, 4.69) is 9.36 Å². The summed E-state index contributed by atoms with van der Waals surface area (Å²) in [6, 6.07) is 6.23. The van der Waals surface area contributed by atoms with Crippen LogP contribution < -0.4 is 0 Å². The monoisotopic (exact) mass is 278 g/mol. The third-order valence-corrected chi connectivity index (χ3v) is 3.83. The lowest BCUT2D eigenvalue weighted by atomic mass is 10.2. The summed E-state index contributed by atoms with van der Waals surface area (Å²) >= 11 is 2.58. The van der Waals surface area contributed by atoms with E-state index in [1.165, 1.54) is 35.4 Å². The van der Waals surface area contributed by atoms with E-state index >= 15 is 0 Å². The minimum absolute atomic E-state index is 0.0474. The van der Waals surface area contributed by atoms with Crippen molar-refractivity contribution in [2.45, 2.75) is 16.2 Å². The van der Waals surface area contributed by atoms with Gasteiger partial charge in [0.15, 0.2) is 4.34 Å². The highest BCUT2D eigenvalue weighted by molar-refractivity contribution is 8.01. The van der Waals surface area contributed by atoms with Crippen LogP contribution in [0.25, 0.3) is 0 Å². The number of hydrogen-bond donors (Lipinski definition) is 0. The van der Waals surface area contributed by atoms with Gasteiger partial charge in [0, 0.05) is 11.0 Å². The number of nitrogens with zero attached hydrogens (tertiary/aromatic N) is 4. The molecule has 0 aliphatic rings. The predicted octanol–water partition coefficient (Wildman–Crippen LogP) is 2.78. The van der Waals surface area contributed by atoms with Crippen LogP contribution in [0.1, 0.15) is 11.4 Å².